The van der Waals surface area contributed by atoms with Gasteiger partial charge in [0.25, 0.3) is 0 Å². The van der Waals surface area contributed by atoms with Crippen molar-refractivity contribution >= 4 is 10.8 Å². The zero-order chi connectivity index (χ0) is 14.0. The highest BCUT2D eigenvalue weighted by Gasteiger charge is 2.28. The van der Waals surface area contributed by atoms with Crippen LogP contribution in [0.2, 0.25) is 0 Å². The van der Waals surface area contributed by atoms with Gasteiger partial charge in [0.05, 0.1) is 5.66 Å². The Morgan fingerprint density at radius 2 is 1.80 bits per heavy atom. The summed E-state index contributed by atoms with van der Waals surface area (Å²) < 4.78 is 0. The number of benzene rings is 2. The van der Waals surface area contributed by atoms with Crippen molar-refractivity contribution in [3.05, 3.63) is 48.0 Å². The van der Waals surface area contributed by atoms with Gasteiger partial charge in [-0.25, -0.2) is 0 Å². The van der Waals surface area contributed by atoms with Crippen LogP contribution in [0.1, 0.15) is 12.5 Å². The molecule has 3 nitrogen and oxygen atoms in total. The van der Waals surface area contributed by atoms with Gasteiger partial charge in [0.2, 0.25) is 0 Å². The molecule has 0 radical (unpaired) electrons. The Morgan fingerprint density at radius 1 is 1.10 bits per heavy atom. The topological polar surface area (TPSA) is 41.3 Å². The summed E-state index contributed by atoms with van der Waals surface area (Å²) in [7, 11) is 0. The van der Waals surface area contributed by atoms with Crippen molar-refractivity contribution in [3.63, 3.8) is 0 Å². The van der Waals surface area contributed by atoms with Gasteiger partial charge in [0.1, 0.15) is 0 Å². The van der Waals surface area contributed by atoms with E-state index in [0.717, 1.165) is 32.6 Å². The molecule has 1 aliphatic rings. The van der Waals surface area contributed by atoms with Crippen LogP contribution in [-0.4, -0.2) is 36.7 Å². The summed E-state index contributed by atoms with van der Waals surface area (Å²) in [6.45, 7) is 6.26. The van der Waals surface area contributed by atoms with Crippen molar-refractivity contribution in [1.82, 2.24) is 10.2 Å². The first-order chi connectivity index (χ1) is 9.67. The molecule has 3 rings (SSSR count). The molecule has 0 saturated carbocycles. The Kier molecular flexibility index (Phi) is 3.74. The van der Waals surface area contributed by atoms with E-state index in [1.807, 2.05) is 0 Å². The molecule has 0 aromatic heterocycles. The van der Waals surface area contributed by atoms with Crippen molar-refractivity contribution in [2.45, 2.75) is 19.0 Å². The quantitative estimate of drug-likeness (QED) is 0.895. The molecule has 0 bridgehead atoms. The molecule has 1 heterocycles. The van der Waals surface area contributed by atoms with Gasteiger partial charge >= 0.3 is 0 Å². The van der Waals surface area contributed by atoms with Gasteiger partial charge in [0, 0.05) is 32.6 Å². The molecule has 3 heteroatoms. The molecule has 106 valence electrons. The van der Waals surface area contributed by atoms with Crippen LogP contribution in [0.3, 0.4) is 0 Å². The van der Waals surface area contributed by atoms with Crippen LogP contribution < -0.4 is 11.1 Å². The zero-order valence-electron chi connectivity index (χ0n) is 12.1. The van der Waals surface area contributed by atoms with E-state index in [4.69, 9.17) is 5.73 Å². The first kappa shape index (κ1) is 13.6. The number of nitrogens with one attached hydrogen (secondary N) is 1. The number of fused-ring (bicyclic) bond motifs is 1. The second kappa shape index (κ2) is 5.52. The smallest absolute Gasteiger partial charge is 0.0700 e. The summed E-state index contributed by atoms with van der Waals surface area (Å²) in [6.07, 6.45) is 0.883. The molecule has 2 aromatic rings. The molecule has 0 amide bonds. The van der Waals surface area contributed by atoms with Crippen LogP contribution in [-0.2, 0) is 6.42 Å². The highest BCUT2D eigenvalue weighted by molar-refractivity contribution is 5.85. The Bertz CT molecular complexity index is 580. The molecular formula is C17H23N3. The summed E-state index contributed by atoms with van der Waals surface area (Å²) in [5.74, 6) is 0. The van der Waals surface area contributed by atoms with Crippen LogP contribution in [0.25, 0.3) is 10.8 Å². The fraction of sp³-hybridized carbons (Fsp3) is 0.412. The summed E-state index contributed by atoms with van der Waals surface area (Å²) in [6, 6.07) is 15.0. The van der Waals surface area contributed by atoms with E-state index in [1.165, 1.54) is 16.3 Å². The maximum absolute atomic E-state index is 6.61. The highest BCUT2D eigenvalue weighted by Crippen LogP contribution is 2.23. The Labute approximate surface area is 120 Å². The second-order valence-corrected chi connectivity index (χ2v) is 5.91. The van der Waals surface area contributed by atoms with Gasteiger partial charge in [-0.1, -0.05) is 42.5 Å². The lowest BCUT2D eigenvalue weighted by Crippen LogP contribution is -2.60. The maximum atomic E-state index is 6.61. The van der Waals surface area contributed by atoms with Crippen LogP contribution in [0, 0.1) is 0 Å². The van der Waals surface area contributed by atoms with E-state index >= 15 is 0 Å². The van der Waals surface area contributed by atoms with Crippen LogP contribution in [0.15, 0.2) is 42.5 Å². The Hall–Kier alpha value is -1.42. The third kappa shape index (κ3) is 2.70. The Balaban J connectivity index is 1.88. The van der Waals surface area contributed by atoms with Crippen molar-refractivity contribution in [2.75, 3.05) is 26.2 Å². The van der Waals surface area contributed by atoms with E-state index in [1.54, 1.807) is 0 Å². The van der Waals surface area contributed by atoms with Gasteiger partial charge in [-0.15, -0.1) is 0 Å². The van der Waals surface area contributed by atoms with E-state index in [2.05, 4.69) is 59.6 Å². The average Bonchev–Trinajstić information content (AvgIpc) is 2.48. The molecule has 0 aliphatic carbocycles. The van der Waals surface area contributed by atoms with Crippen molar-refractivity contribution in [2.24, 2.45) is 5.73 Å². The van der Waals surface area contributed by atoms with E-state index in [0.29, 0.717) is 0 Å². The number of hydrogen-bond donors (Lipinski definition) is 2. The molecular weight excluding hydrogens is 246 g/mol. The lowest BCUT2D eigenvalue weighted by Gasteiger charge is -2.41. The molecule has 1 saturated heterocycles. The number of piperazine rings is 1. The predicted molar refractivity (Wildman–Crippen MR) is 84.7 cm³/mol. The van der Waals surface area contributed by atoms with Crippen LogP contribution in [0.5, 0.6) is 0 Å². The third-order valence-corrected chi connectivity index (χ3v) is 4.27. The summed E-state index contributed by atoms with van der Waals surface area (Å²) in [4.78, 5) is 2.39. The normalized spacial score (nSPS) is 19.9. The van der Waals surface area contributed by atoms with E-state index < -0.39 is 0 Å². The van der Waals surface area contributed by atoms with Crippen molar-refractivity contribution < 1.29 is 0 Å². The van der Waals surface area contributed by atoms with Gasteiger partial charge in [-0.3, -0.25) is 4.90 Å². The minimum atomic E-state index is -0.285. The van der Waals surface area contributed by atoms with Crippen molar-refractivity contribution in [3.8, 4) is 0 Å². The van der Waals surface area contributed by atoms with Crippen molar-refractivity contribution in [1.29, 1.82) is 0 Å². The number of nitrogens with zero attached hydrogens (tertiary/aromatic N) is 1. The fourth-order valence-electron chi connectivity index (χ4n) is 3.12. The Morgan fingerprint density at radius 3 is 2.60 bits per heavy atom. The predicted octanol–water partition coefficient (Wildman–Crippen LogP) is 1.96. The molecule has 0 spiro atoms. The summed E-state index contributed by atoms with van der Waals surface area (Å²) >= 11 is 0. The molecule has 1 unspecified atom stereocenters. The van der Waals surface area contributed by atoms with E-state index in [-0.39, 0.29) is 5.66 Å². The van der Waals surface area contributed by atoms with Crippen LogP contribution in [0.4, 0.5) is 0 Å². The zero-order valence-corrected chi connectivity index (χ0v) is 12.1. The minimum absolute atomic E-state index is 0.285. The third-order valence-electron chi connectivity index (χ3n) is 4.27. The molecule has 1 fully saturated rings. The van der Waals surface area contributed by atoms with E-state index in [9.17, 15) is 0 Å². The summed E-state index contributed by atoms with van der Waals surface area (Å²) in [5.41, 5.74) is 7.67. The molecule has 20 heavy (non-hydrogen) atoms. The van der Waals surface area contributed by atoms with Gasteiger partial charge in [-0.2, -0.15) is 0 Å². The molecule has 1 atom stereocenters. The van der Waals surface area contributed by atoms with Gasteiger partial charge in [0.15, 0.2) is 0 Å². The lowest BCUT2D eigenvalue weighted by atomic mass is 9.95. The number of hydrogen-bond acceptors (Lipinski definition) is 3. The van der Waals surface area contributed by atoms with Crippen LogP contribution >= 0.6 is 0 Å². The molecule has 2 aromatic carbocycles. The maximum Gasteiger partial charge on any atom is 0.0700 e. The number of rotatable bonds is 3. The second-order valence-electron chi connectivity index (χ2n) is 5.91. The first-order valence-electron chi connectivity index (χ1n) is 7.38. The SMILES string of the molecule is CC(N)(Cc1cccc2ccccc12)N1CCNCC1. The fourth-order valence-corrected chi connectivity index (χ4v) is 3.12. The largest absolute Gasteiger partial charge is 0.314 e. The number of nitrogens with two attached hydrogens (primary N) is 1. The standard InChI is InChI=1S/C17H23N3/c1-17(18,20-11-9-19-10-12-20)13-15-7-4-6-14-5-2-3-8-16(14)15/h2-8,19H,9-13,18H2,1H3. The minimum Gasteiger partial charge on any atom is -0.314 e. The van der Waals surface area contributed by atoms with Gasteiger partial charge in [-0.05, 0) is 23.3 Å². The molecule has 3 N–H and O–H groups in total. The monoisotopic (exact) mass is 269 g/mol. The molecule has 1 aliphatic heterocycles. The average molecular weight is 269 g/mol. The highest BCUT2D eigenvalue weighted by atomic mass is 15.3. The summed E-state index contributed by atoms with van der Waals surface area (Å²) in [5, 5.41) is 6.00. The lowest BCUT2D eigenvalue weighted by molar-refractivity contribution is 0.0935. The van der Waals surface area contributed by atoms with Gasteiger partial charge < -0.3 is 11.1 Å². The first-order valence-corrected chi connectivity index (χ1v) is 7.38.